The van der Waals surface area contributed by atoms with Gasteiger partial charge in [0.15, 0.2) is 0 Å². The van der Waals surface area contributed by atoms with Crippen LogP contribution in [0.25, 0.3) is 6.08 Å². The van der Waals surface area contributed by atoms with Crippen LogP contribution in [-0.4, -0.2) is 17.7 Å². The van der Waals surface area contributed by atoms with E-state index in [-0.39, 0.29) is 39.5 Å². The number of carbonyl (C=O) groups is 3. The number of amides is 3. The third kappa shape index (κ3) is 7.86. The number of halogens is 5. The third-order valence-corrected chi connectivity index (χ3v) is 4.97. The second kappa shape index (κ2) is 11.6. The predicted molar refractivity (Wildman–Crippen MR) is 129 cm³/mol. The summed E-state index contributed by atoms with van der Waals surface area (Å²) >= 11 is 11.7. The maximum atomic E-state index is 12.9. The molecule has 190 valence electrons. The van der Waals surface area contributed by atoms with E-state index in [9.17, 15) is 32.8 Å². The van der Waals surface area contributed by atoms with Crippen LogP contribution in [0, 0.1) is 11.3 Å². The summed E-state index contributed by atoms with van der Waals surface area (Å²) in [6, 6.07) is 12.7. The molecule has 0 radical (unpaired) electrons. The second-order valence-electron chi connectivity index (χ2n) is 7.30. The molecule has 0 saturated heterocycles. The highest BCUT2D eigenvalue weighted by atomic mass is 35.5. The fourth-order valence-electron chi connectivity index (χ4n) is 2.89. The Morgan fingerprint density at radius 1 is 0.919 bits per heavy atom. The summed E-state index contributed by atoms with van der Waals surface area (Å²) in [4.78, 5) is 36.5. The van der Waals surface area contributed by atoms with Crippen molar-refractivity contribution in [1.82, 2.24) is 5.32 Å². The monoisotopic (exact) mass is 550 g/mol. The van der Waals surface area contributed by atoms with Crippen molar-refractivity contribution in [3.05, 3.63) is 87.3 Å². The minimum absolute atomic E-state index is 0.0537. The van der Waals surface area contributed by atoms with Crippen LogP contribution >= 0.6 is 23.2 Å². The summed E-state index contributed by atoms with van der Waals surface area (Å²) < 4.78 is 44.0. The highest BCUT2D eigenvalue weighted by Crippen LogP contribution is 2.30. The normalized spacial score (nSPS) is 11.4. The molecule has 2 aromatic carbocycles. The van der Waals surface area contributed by atoms with Crippen molar-refractivity contribution >= 4 is 58.4 Å². The number of benzene rings is 2. The van der Waals surface area contributed by atoms with E-state index in [4.69, 9.17) is 27.6 Å². The van der Waals surface area contributed by atoms with Crippen LogP contribution in [0.2, 0.25) is 10.0 Å². The molecule has 3 N–H and O–H groups in total. The lowest BCUT2D eigenvalue weighted by molar-refractivity contribution is -0.137. The Hall–Kier alpha value is -4.27. The van der Waals surface area contributed by atoms with Gasteiger partial charge in [-0.2, -0.15) is 18.4 Å². The van der Waals surface area contributed by atoms with E-state index in [1.54, 1.807) is 6.07 Å². The van der Waals surface area contributed by atoms with Gasteiger partial charge >= 0.3 is 18.0 Å². The van der Waals surface area contributed by atoms with Crippen molar-refractivity contribution in [3.63, 3.8) is 0 Å². The first-order valence-corrected chi connectivity index (χ1v) is 10.9. The van der Waals surface area contributed by atoms with E-state index >= 15 is 0 Å². The van der Waals surface area contributed by atoms with Crippen LogP contribution in [0.15, 0.2) is 64.6 Å². The fraction of sp³-hybridized carbons (Fsp3) is 0.0833. The van der Waals surface area contributed by atoms with Crippen LogP contribution in [0.5, 0.6) is 0 Å². The van der Waals surface area contributed by atoms with Gasteiger partial charge in [0.2, 0.25) is 0 Å². The molecule has 1 aromatic heterocycles. The highest BCUT2D eigenvalue weighted by molar-refractivity contribution is 6.40. The van der Waals surface area contributed by atoms with Crippen molar-refractivity contribution in [2.75, 3.05) is 10.6 Å². The molecular formula is C24H15Cl2F3N4O4. The van der Waals surface area contributed by atoms with Gasteiger partial charge in [0, 0.05) is 27.5 Å². The average molecular weight is 551 g/mol. The average Bonchev–Trinajstić information content (AvgIpc) is 3.27. The first-order chi connectivity index (χ1) is 17.4. The summed E-state index contributed by atoms with van der Waals surface area (Å²) in [5, 5.41) is 16.7. The molecule has 13 heteroatoms. The molecule has 3 rings (SSSR count). The molecule has 0 aliphatic rings. The molecular weight excluding hydrogens is 536 g/mol. The molecule has 0 saturated carbocycles. The van der Waals surface area contributed by atoms with E-state index in [1.165, 1.54) is 36.4 Å². The van der Waals surface area contributed by atoms with E-state index in [2.05, 4.69) is 16.0 Å². The zero-order valence-corrected chi connectivity index (χ0v) is 20.0. The minimum Gasteiger partial charge on any atom is -0.460 e. The molecule has 8 nitrogen and oxygen atoms in total. The third-order valence-electron chi connectivity index (χ3n) is 4.53. The van der Waals surface area contributed by atoms with Crippen molar-refractivity contribution < 1.29 is 32.0 Å². The molecule has 3 amide bonds. The zero-order valence-electron chi connectivity index (χ0n) is 18.5. The Labute approximate surface area is 217 Å². The summed E-state index contributed by atoms with van der Waals surface area (Å²) in [5.74, 6) is -2.68. The molecule has 0 atom stereocenters. The molecule has 3 aromatic rings. The van der Waals surface area contributed by atoms with Gasteiger partial charge in [0.05, 0.1) is 12.1 Å². The number of carbonyl (C=O) groups excluding carboxylic acids is 3. The number of hydrogen-bond donors (Lipinski definition) is 3. The van der Waals surface area contributed by atoms with Crippen LogP contribution < -0.4 is 16.0 Å². The van der Waals surface area contributed by atoms with E-state index < -0.39 is 35.0 Å². The Morgan fingerprint density at radius 3 is 2.24 bits per heavy atom. The van der Waals surface area contributed by atoms with Gasteiger partial charge in [-0.25, -0.2) is 0 Å². The number of hydrogen-bond acceptors (Lipinski definition) is 5. The number of nitrogens with one attached hydrogen (secondary N) is 3. The van der Waals surface area contributed by atoms with Crippen LogP contribution in [0.3, 0.4) is 0 Å². The van der Waals surface area contributed by atoms with Gasteiger partial charge in [-0.3, -0.25) is 14.4 Å². The largest absolute Gasteiger partial charge is 0.460 e. The number of anilines is 2. The molecule has 0 bridgehead atoms. The number of alkyl halides is 3. The lowest BCUT2D eigenvalue weighted by Gasteiger charge is -2.09. The van der Waals surface area contributed by atoms with Crippen molar-refractivity contribution in [2.24, 2.45) is 0 Å². The molecule has 0 aliphatic heterocycles. The Morgan fingerprint density at radius 2 is 1.59 bits per heavy atom. The lowest BCUT2D eigenvalue weighted by Crippen LogP contribution is -2.34. The Kier molecular flexibility index (Phi) is 8.60. The molecule has 0 unspecified atom stereocenters. The fourth-order valence-corrected chi connectivity index (χ4v) is 3.42. The topological polar surface area (TPSA) is 124 Å². The summed E-state index contributed by atoms with van der Waals surface area (Å²) in [6.07, 6.45) is -3.53. The molecule has 1 heterocycles. The standard InChI is InChI=1S/C24H15Cl2F3N4O4/c25-15-8-16(26)10-18(9-15)33-23(36)22(35)31-12-20-5-4-19(37-20)6-13(11-30)21(34)32-17-3-1-2-14(7-17)24(27,28)29/h1-10H,12H2,(H,31,35)(H,32,34)(H,33,36)/b13-6-. The van der Waals surface area contributed by atoms with Gasteiger partial charge < -0.3 is 20.4 Å². The predicted octanol–water partition coefficient (Wildman–Crippen LogP) is 5.41. The summed E-state index contributed by atoms with van der Waals surface area (Å²) in [6.45, 7) is -0.200. The van der Waals surface area contributed by atoms with Crippen molar-refractivity contribution in [3.8, 4) is 6.07 Å². The molecule has 0 fully saturated rings. The number of nitrogens with zero attached hydrogens (tertiary/aromatic N) is 1. The molecule has 0 spiro atoms. The smallest absolute Gasteiger partial charge is 0.416 e. The van der Waals surface area contributed by atoms with Gasteiger partial charge in [-0.1, -0.05) is 29.3 Å². The first kappa shape index (κ1) is 27.3. The molecule has 37 heavy (non-hydrogen) atoms. The van der Waals surface area contributed by atoms with Crippen molar-refractivity contribution in [1.29, 1.82) is 5.26 Å². The van der Waals surface area contributed by atoms with Crippen LogP contribution in [0.1, 0.15) is 17.1 Å². The van der Waals surface area contributed by atoms with E-state index in [1.807, 2.05) is 0 Å². The second-order valence-corrected chi connectivity index (χ2v) is 8.17. The first-order valence-electron chi connectivity index (χ1n) is 10.2. The zero-order chi connectivity index (χ0) is 27.2. The lowest BCUT2D eigenvalue weighted by atomic mass is 10.1. The van der Waals surface area contributed by atoms with Gasteiger partial charge in [0.1, 0.15) is 23.2 Å². The quantitative estimate of drug-likeness (QED) is 0.215. The minimum atomic E-state index is -4.60. The van der Waals surface area contributed by atoms with Crippen LogP contribution in [-0.2, 0) is 27.1 Å². The van der Waals surface area contributed by atoms with E-state index in [0.29, 0.717) is 0 Å². The van der Waals surface area contributed by atoms with Crippen molar-refractivity contribution in [2.45, 2.75) is 12.7 Å². The Bertz CT molecular complexity index is 1410. The summed E-state index contributed by atoms with van der Waals surface area (Å²) in [7, 11) is 0. The number of nitriles is 1. The Balaban J connectivity index is 1.60. The van der Waals surface area contributed by atoms with Gasteiger partial charge in [-0.05, 0) is 48.5 Å². The maximum Gasteiger partial charge on any atom is 0.416 e. The van der Waals surface area contributed by atoms with Crippen LogP contribution in [0.4, 0.5) is 24.5 Å². The molecule has 0 aliphatic carbocycles. The van der Waals surface area contributed by atoms with E-state index in [0.717, 1.165) is 24.3 Å². The van der Waals surface area contributed by atoms with Gasteiger partial charge in [-0.15, -0.1) is 0 Å². The number of furan rings is 1. The van der Waals surface area contributed by atoms with Gasteiger partial charge in [0.25, 0.3) is 5.91 Å². The SMILES string of the molecule is N#C/C(=C/c1ccc(CNC(=O)C(=O)Nc2cc(Cl)cc(Cl)c2)o1)C(=O)Nc1cccc(C(F)(F)F)c1. The maximum absolute atomic E-state index is 12.9. The summed E-state index contributed by atoms with van der Waals surface area (Å²) in [5.41, 5.74) is -1.34. The highest BCUT2D eigenvalue weighted by Gasteiger charge is 2.30. The number of rotatable bonds is 6.